The van der Waals surface area contributed by atoms with E-state index in [1.165, 1.54) is 22.5 Å². The van der Waals surface area contributed by atoms with Gasteiger partial charge in [0.2, 0.25) is 0 Å². The monoisotopic (exact) mass is 417 g/mol. The molecule has 0 saturated heterocycles. The van der Waals surface area contributed by atoms with Crippen molar-refractivity contribution in [1.82, 2.24) is 0 Å². The van der Waals surface area contributed by atoms with Gasteiger partial charge in [0.1, 0.15) is 5.82 Å². The van der Waals surface area contributed by atoms with E-state index in [0.717, 1.165) is 11.1 Å². The van der Waals surface area contributed by atoms with Gasteiger partial charge in [0.05, 0.1) is 16.6 Å². The van der Waals surface area contributed by atoms with Gasteiger partial charge in [0.25, 0.3) is 10.0 Å². The Morgan fingerprint density at radius 2 is 1.57 bits per heavy atom. The molecule has 0 heterocycles. The Hall–Kier alpha value is -2.37. The largest absolute Gasteiger partial charge is 0.264 e. The van der Waals surface area contributed by atoms with Gasteiger partial charge in [-0.3, -0.25) is 4.31 Å². The fourth-order valence-corrected chi connectivity index (χ4v) is 4.91. The number of anilines is 1. The Morgan fingerprint density at radius 3 is 2.18 bits per heavy atom. The summed E-state index contributed by atoms with van der Waals surface area (Å²) >= 11 is 6.17. The molecule has 3 rings (SSSR count). The summed E-state index contributed by atoms with van der Waals surface area (Å²) in [5.41, 5.74) is 2.29. The number of rotatable bonds is 5. The zero-order chi connectivity index (χ0) is 20.5. The van der Waals surface area contributed by atoms with Crippen molar-refractivity contribution in [1.29, 1.82) is 0 Å². The van der Waals surface area contributed by atoms with Crippen LogP contribution in [0.2, 0.25) is 5.02 Å². The second kappa shape index (κ2) is 7.94. The number of halogens is 2. The maximum Gasteiger partial charge on any atom is 0.264 e. The van der Waals surface area contributed by atoms with Gasteiger partial charge in [0, 0.05) is 5.02 Å². The first-order valence-electron chi connectivity index (χ1n) is 8.83. The molecule has 0 aliphatic carbocycles. The molecule has 0 amide bonds. The molecule has 1 atom stereocenters. The maximum absolute atomic E-state index is 14.3. The fraction of sp³-hybridized carbons (Fsp3) is 0.182. The zero-order valence-corrected chi connectivity index (χ0v) is 17.4. The molecule has 28 heavy (non-hydrogen) atoms. The number of nitrogens with zero attached hydrogens (tertiary/aromatic N) is 1. The zero-order valence-electron chi connectivity index (χ0n) is 15.9. The van der Waals surface area contributed by atoms with Crippen molar-refractivity contribution in [2.45, 2.75) is 31.7 Å². The highest BCUT2D eigenvalue weighted by Crippen LogP contribution is 2.35. The maximum atomic E-state index is 14.3. The van der Waals surface area contributed by atoms with Crippen molar-refractivity contribution in [3.8, 4) is 0 Å². The molecule has 3 nitrogen and oxygen atoms in total. The molecule has 0 aliphatic heterocycles. The van der Waals surface area contributed by atoms with E-state index in [2.05, 4.69) is 0 Å². The van der Waals surface area contributed by atoms with Crippen LogP contribution < -0.4 is 4.31 Å². The summed E-state index contributed by atoms with van der Waals surface area (Å²) in [7, 11) is -3.99. The molecule has 0 aliphatic rings. The summed E-state index contributed by atoms with van der Waals surface area (Å²) in [5, 5.41) is 0.364. The van der Waals surface area contributed by atoms with E-state index < -0.39 is 21.9 Å². The Kier molecular flexibility index (Phi) is 5.77. The van der Waals surface area contributed by atoms with Crippen molar-refractivity contribution in [2.24, 2.45) is 0 Å². The number of benzene rings is 3. The number of aryl methyl sites for hydroxylation is 2. The molecule has 146 valence electrons. The third-order valence-electron chi connectivity index (χ3n) is 4.74. The molecular formula is C22H21ClFNO2S. The molecule has 0 unspecified atom stereocenters. The minimum Gasteiger partial charge on any atom is -0.259 e. The molecule has 3 aromatic carbocycles. The van der Waals surface area contributed by atoms with E-state index in [1.54, 1.807) is 39.0 Å². The van der Waals surface area contributed by atoms with Crippen molar-refractivity contribution in [2.75, 3.05) is 4.31 Å². The Morgan fingerprint density at radius 1 is 0.929 bits per heavy atom. The Balaban J connectivity index is 2.19. The first-order valence-corrected chi connectivity index (χ1v) is 10.7. The van der Waals surface area contributed by atoms with Crippen LogP contribution in [0.25, 0.3) is 0 Å². The molecule has 0 fully saturated rings. The van der Waals surface area contributed by atoms with Crippen molar-refractivity contribution in [3.63, 3.8) is 0 Å². The van der Waals surface area contributed by atoms with Gasteiger partial charge in [-0.2, -0.15) is 0 Å². The highest BCUT2D eigenvalue weighted by molar-refractivity contribution is 7.92. The van der Waals surface area contributed by atoms with E-state index in [-0.39, 0.29) is 10.6 Å². The minimum atomic E-state index is -3.99. The van der Waals surface area contributed by atoms with Crippen LogP contribution in [0.15, 0.2) is 71.6 Å². The van der Waals surface area contributed by atoms with Crippen LogP contribution in [-0.4, -0.2) is 8.42 Å². The second-order valence-corrected chi connectivity index (χ2v) is 8.95. The van der Waals surface area contributed by atoms with Gasteiger partial charge in [-0.15, -0.1) is 0 Å². The smallest absolute Gasteiger partial charge is 0.259 e. The van der Waals surface area contributed by atoms with E-state index >= 15 is 0 Å². The van der Waals surface area contributed by atoms with Crippen LogP contribution >= 0.6 is 11.6 Å². The van der Waals surface area contributed by atoms with Crippen LogP contribution in [0.4, 0.5) is 10.1 Å². The Labute approximate surface area is 170 Å². The van der Waals surface area contributed by atoms with Gasteiger partial charge in [-0.05, 0) is 61.7 Å². The van der Waals surface area contributed by atoms with Gasteiger partial charge in [0.15, 0.2) is 0 Å². The predicted molar refractivity (Wildman–Crippen MR) is 112 cm³/mol. The Bertz CT molecular complexity index is 1100. The summed E-state index contributed by atoms with van der Waals surface area (Å²) in [6.07, 6.45) is 0. The quantitative estimate of drug-likeness (QED) is 0.506. The normalized spacial score (nSPS) is 12.6. The number of sulfonamides is 1. The fourth-order valence-electron chi connectivity index (χ4n) is 3.00. The molecule has 0 radical (unpaired) electrons. The molecule has 0 saturated carbocycles. The predicted octanol–water partition coefficient (Wildman–Crippen LogP) is 6.05. The summed E-state index contributed by atoms with van der Waals surface area (Å²) in [4.78, 5) is 0.0619. The molecule has 3 aromatic rings. The van der Waals surface area contributed by atoms with Crippen molar-refractivity contribution in [3.05, 3.63) is 94.3 Å². The first-order chi connectivity index (χ1) is 13.2. The average Bonchev–Trinajstić information content (AvgIpc) is 2.67. The van der Waals surface area contributed by atoms with Gasteiger partial charge in [-0.25, -0.2) is 12.8 Å². The lowest BCUT2D eigenvalue weighted by Gasteiger charge is -2.31. The molecule has 0 spiro atoms. The van der Waals surface area contributed by atoms with Crippen LogP contribution in [0.5, 0.6) is 0 Å². The summed E-state index contributed by atoms with van der Waals surface area (Å²) in [5.74, 6) is -0.458. The topological polar surface area (TPSA) is 37.4 Å². The van der Waals surface area contributed by atoms with E-state index in [4.69, 9.17) is 11.6 Å². The summed E-state index contributed by atoms with van der Waals surface area (Å²) < 4.78 is 42.6. The van der Waals surface area contributed by atoms with Crippen molar-refractivity contribution < 1.29 is 12.8 Å². The van der Waals surface area contributed by atoms with Gasteiger partial charge >= 0.3 is 0 Å². The lowest BCUT2D eigenvalue weighted by Crippen LogP contribution is -2.34. The van der Waals surface area contributed by atoms with Crippen LogP contribution in [-0.2, 0) is 10.0 Å². The summed E-state index contributed by atoms with van der Waals surface area (Å²) in [6.45, 7) is 5.22. The molecule has 6 heteroatoms. The first kappa shape index (κ1) is 20.4. The van der Waals surface area contributed by atoms with E-state index in [9.17, 15) is 12.8 Å². The SMILES string of the molecule is Cc1ccc(N([C@@H](C)c2ccccc2)S(=O)(=O)c2ccc(C)c(Cl)c2)cc1F. The average molecular weight is 418 g/mol. The third kappa shape index (κ3) is 3.91. The van der Waals surface area contributed by atoms with Gasteiger partial charge in [-0.1, -0.05) is 54.1 Å². The molecule has 0 N–H and O–H groups in total. The van der Waals surface area contributed by atoms with E-state index in [1.807, 2.05) is 30.3 Å². The van der Waals surface area contributed by atoms with Crippen molar-refractivity contribution >= 4 is 27.3 Å². The van der Waals surface area contributed by atoms with E-state index in [0.29, 0.717) is 10.6 Å². The molecule has 0 bridgehead atoms. The van der Waals surface area contributed by atoms with Crippen LogP contribution in [0.3, 0.4) is 0 Å². The lowest BCUT2D eigenvalue weighted by atomic mass is 10.1. The second-order valence-electron chi connectivity index (χ2n) is 6.73. The highest BCUT2D eigenvalue weighted by atomic mass is 35.5. The lowest BCUT2D eigenvalue weighted by molar-refractivity contribution is 0.581. The van der Waals surface area contributed by atoms with Crippen LogP contribution in [0.1, 0.15) is 29.7 Å². The molecule has 0 aromatic heterocycles. The highest BCUT2D eigenvalue weighted by Gasteiger charge is 2.31. The van der Waals surface area contributed by atoms with Crippen LogP contribution in [0, 0.1) is 19.7 Å². The number of hydrogen-bond acceptors (Lipinski definition) is 2. The third-order valence-corrected chi connectivity index (χ3v) is 7.05. The molecular weight excluding hydrogens is 397 g/mol. The standard InChI is InChI=1S/C22H21ClFNO2S/c1-15-10-12-20(14-21(15)23)28(26,27)25(17(3)18-7-5-4-6-8-18)19-11-9-16(2)22(24)13-19/h4-14,17H,1-3H3/t17-/m0/s1. The van der Waals surface area contributed by atoms with Gasteiger partial charge < -0.3 is 0 Å². The number of hydrogen-bond donors (Lipinski definition) is 0. The summed E-state index contributed by atoms with van der Waals surface area (Å²) in [6, 6.07) is 17.8. The minimum absolute atomic E-state index is 0.0619.